The largest absolute Gasteiger partial charge is 0.416 e. The summed E-state index contributed by atoms with van der Waals surface area (Å²) in [6.07, 6.45) is 0.0426. The van der Waals surface area contributed by atoms with Crippen molar-refractivity contribution in [3.8, 4) is 0 Å². The molecule has 1 amide bonds. The van der Waals surface area contributed by atoms with Crippen LogP contribution in [0.4, 0.5) is 24.8 Å². The van der Waals surface area contributed by atoms with Gasteiger partial charge in [0.15, 0.2) is 0 Å². The van der Waals surface area contributed by atoms with Crippen molar-refractivity contribution < 1.29 is 22.7 Å². The molecular formula is C24H23F3N6O2. The summed E-state index contributed by atoms with van der Waals surface area (Å²) in [5, 5.41) is 7.39. The molecule has 5 heterocycles. The van der Waals surface area contributed by atoms with Crippen LogP contribution < -0.4 is 21.0 Å². The molecule has 2 fully saturated rings. The molecule has 2 aromatic rings. The highest BCUT2D eigenvalue weighted by Gasteiger charge is 2.49. The minimum atomic E-state index is -4.49. The number of aromatic nitrogens is 1. The van der Waals surface area contributed by atoms with E-state index < -0.39 is 29.9 Å². The van der Waals surface area contributed by atoms with Gasteiger partial charge in [0.05, 0.1) is 30.2 Å². The predicted octanol–water partition coefficient (Wildman–Crippen LogP) is 2.76. The van der Waals surface area contributed by atoms with Crippen LogP contribution in [0.25, 0.3) is 0 Å². The zero-order chi connectivity index (χ0) is 24.2. The van der Waals surface area contributed by atoms with Gasteiger partial charge in [-0.05, 0) is 29.8 Å². The van der Waals surface area contributed by atoms with Gasteiger partial charge in [-0.2, -0.15) is 13.2 Å². The summed E-state index contributed by atoms with van der Waals surface area (Å²) >= 11 is 0. The summed E-state index contributed by atoms with van der Waals surface area (Å²) in [4.78, 5) is 19.8. The lowest BCUT2D eigenvalue weighted by Gasteiger charge is -2.55. The zero-order valence-corrected chi connectivity index (χ0v) is 18.5. The monoisotopic (exact) mass is 484 g/mol. The Hall–Kier alpha value is -3.57. The van der Waals surface area contributed by atoms with Crippen LogP contribution in [0.1, 0.15) is 17.2 Å². The van der Waals surface area contributed by atoms with E-state index in [-0.39, 0.29) is 16.7 Å². The summed E-state index contributed by atoms with van der Waals surface area (Å²) < 4.78 is 45.9. The molecule has 2 saturated heterocycles. The van der Waals surface area contributed by atoms with Crippen molar-refractivity contribution in [2.24, 2.45) is 5.41 Å². The van der Waals surface area contributed by atoms with Crippen molar-refractivity contribution in [3.63, 3.8) is 0 Å². The predicted molar refractivity (Wildman–Crippen MR) is 122 cm³/mol. The third-order valence-electron chi connectivity index (χ3n) is 6.70. The lowest BCUT2D eigenvalue weighted by atomic mass is 9.78. The molecule has 1 spiro atoms. The fraction of sp³-hybridized carbons (Fsp3) is 0.333. The molecule has 0 bridgehead atoms. The molecule has 4 aliphatic heterocycles. The molecule has 1 aromatic carbocycles. The van der Waals surface area contributed by atoms with Crippen molar-refractivity contribution in [3.05, 3.63) is 77.6 Å². The maximum Gasteiger partial charge on any atom is 0.416 e. The summed E-state index contributed by atoms with van der Waals surface area (Å²) in [7, 11) is 0. The Morgan fingerprint density at radius 1 is 1.11 bits per heavy atom. The maximum atomic E-state index is 13.5. The smallest absolute Gasteiger partial charge is 0.380 e. The van der Waals surface area contributed by atoms with Crippen LogP contribution in [0.2, 0.25) is 0 Å². The second-order valence-electron chi connectivity index (χ2n) is 9.27. The third kappa shape index (κ3) is 3.90. The molecule has 0 saturated carbocycles. The summed E-state index contributed by atoms with van der Waals surface area (Å²) in [6, 6.07) is 10.1. The number of ether oxygens (including phenoxy) is 1. The number of rotatable bonds is 4. The van der Waals surface area contributed by atoms with Crippen LogP contribution in [0.3, 0.4) is 0 Å². The van der Waals surface area contributed by atoms with Gasteiger partial charge in [0.2, 0.25) is 0 Å². The molecule has 4 aliphatic rings. The van der Waals surface area contributed by atoms with E-state index in [1.165, 1.54) is 23.3 Å². The van der Waals surface area contributed by atoms with Gasteiger partial charge in [-0.15, -0.1) is 0 Å². The lowest BCUT2D eigenvalue weighted by molar-refractivity contribution is -0.138. The minimum Gasteiger partial charge on any atom is -0.380 e. The maximum absolute atomic E-state index is 13.5. The van der Waals surface area contributed by atoms with Gasteiger partial charge in [0.1, 0.15) is 23.5 Å². The number of benzene rings is 1. The number of pyridine rings is 1. The van der Waals surface area contributed by atoms with Gasteiger partial charge in [0.25, 0.3) is 5.91 Å². The molecule has 0 radical (unpaired) electrons. The molecule has 182 valence electrons. The Balaban J connectivity index is 1.16. The molecule has 35 heavy (non-hydrogen) atoms. The number of nitrogens with zero attached hydrogens (tertiary/aromatic N) is 3. The highest BCUT2D eigenvalue weighted by molar-refractivity contribution is 6.03. The lowest BCUT2D eigenvalue weighted by Crippen LogP contribution is -2.66. The highest BCUT2D eigenvalue weighted by atomic mass is 19.4. The second-order valence-corrected chi connectivity index (χ2v) is 9.27. The number of fused-ring (bicyclic) bond motifs is 1. The van der Waals surface area contributed by atoms with Crippen LogP contribution >= 0.6 is 0 Å². The average molecular weight is 484 g/mol. The Kier molecular flexibility index (Phi) is 5.01. The number of hydrazine groups is 1. The highest BCUT2D eigenvalue weighted by Crippen LogP contribution is 2.40. The van der Waals surface area contributed by atoms with E-state index >= 15 is 0 Å². The Morgan fingerprint density at radius 2 is 1.91 bits per heavy atom. The van der Waals surface area contributed by atoms with Crippen molar-refractivity contribution in [2.45, 2.75) is 18.4 Å². The summed E-state index contributed by atoms with van der Waals surface area (Å²) in [6.45, 7) is 3.29. The van der Waals surface area contributed by atoms with Crippen molar-refractivity contribution in [2.75, 3.05) is 36.5 Å². The Bertz CT molecular complexity index is 1220. The zero-order valence-electron chi connectivity index (χ0n) is 18.5. The number of amides is 1. The van der Waals surface area contributed by atoms with E-state index in [4.69, 9.17) is 4.74 Å². The van der Waals surface area contributed by atoms with E-state index in [1.807, 2.05) is 12.1 Å². The van der Waals surface area contributed by atoms with E-state index in [9.17, 15) is 18.0 Å². The number of hydrogen-bond acceptors (Lipinski definition) is 7. The van der Waals surface area contributed by atoms with Gasteiger partial charge in [-0.3, -0.25) is 9.80 Å². The number of hydrogen-bond donors (Lipinski definition) is 3. The minimum absolute atomic E-state index is 0.0832. The quantitative estimate of drug-likeness (QED) is 0.576. The van der Waals surface area contributed by atoms with Crippen LogP contribution in [0.15, 0.2) is 66.5 Å². The van der Waals surface area contributed by atoms with Gasteiger partial charge in [0, 0.05) is 19.3 Å². The second kappa shape index (κ2) is 7.99. The first-order valence-corrected chi connectivity index (χ1v) is 11.3. The fourth-order valence-electron chi connectivity index (χ4n) is 4.88. The van der Waals surface area contributed by atoms with Crippen LogP contribution in [0.5, 0.6) is 0 Å². The number of alkyl halides is 3. The van der Waals surface area contributed by atoms with Crippen molar-refractivity contribution >= 4 is 17.5 Å². The van der Waals surface area contributed by atoms with E-state index in [0.29, 0.717) is 5.82 Å². The van der Waals surface area contributed by atoms with Crippen LogP contribution in [-0.2, 0) is 15.7 Å². The SMILES string of the molecule is O=C(Nc1cccc(N2CC3(COC3)C2)n1)C1=CNC2C=CC(c3ccccc3C(F)(F)F)NN12. The first-order valence-electron chi connectivity index (χ1n) is 11.3. The molecule has 2 unspecified atom stereocenters. The topological polar surface area (TPSA) is 81.8 Å². The molecule has 2 atom stereocenters. The number of carbonyl (C=O) groups is 1. The van der Waals surface area contributed by atoms with E-state index in [0.717, 1.165) is 38.2 Å². The van der Waals surface area contributed by atoms with Gasteiger partial charge >= 0.3 is 6.18 Å². The molecule has 0 aliphatic carbocycles. The molecule has 8 nitrogen and oxygen atoms in total. The number of nitrogens with one attached hydrogen (secondary N) is 3. The van der Waals surface area contributed by atoms with Crippen molar-refractivity contribution in [1.82, 2.24) is 20.7 Å². The van der Waals surface area contributed by atoms with Gasteiger partial charge in [-0.25, -0.2) is 10.4 Å². The first-order chi connectivity index (χ1) is 16.8. The molecule has 11 heteroatoms. The molecule has 3 N–H and O–H groups in total. The Morgan fingerprint density at radius 3 is 2.66 bits per heavy atom. The number of carbonyl (C=O) groups excluding carboxylic acids is 1. The number of halogens is 3. The Labute approximate surface area is 199 Å². The normalized spacial score (nSPS) is 24.3. The van der Waals surface area contributed by atoms with Crippen LogP contribution in [0, 0.1) is 5.41 Å². The van der Waals surface area contributed by atoms with E-state index in [1.54, 1.807) is 24.3 Å². The molecule has 1 aromatic heterocycles. The standard InChI is InChI=1S/C24H23F3N6O2/c25-24(26,27)16-5-2-1-4-15(16)17-8-9-20-28-10-18(33(20)31-17)22(34)30-19-6-3-7-21(29-19)32-11-23(12-32)13-35-14-23/h1-10,17,20,28,31H,11-14H2,(H,29,30,34). The average Bonchev–Trinajstić information content (AvgIpc) is 3.20. The van der Waals surface area contributed by atoms with Gasteiger partial charge < -0.3 is 20.3 Å². The van der Waals surface area contributed by atoms with Crippen molar-refractivity contribution in [1.29, 1.82) is 0 Å². The van der Waals surface area contributed by atoms with E-state index in [2.05, 4.69) is 25.9 Å². The first kappa shape index (κ1) is 21.9. The van der Waals surface area contributed by atoms with Crippen LogP contribution in [-0.4, -0.2) is 48.4 Å². The molecule has 6 rings (SSSR count). The third-order valence-corrected chi connectivity index (χ3v) is 6.70. The summed E-state index contributed by atoms with van der Waals surface area (Å²) in [5.41, 5.74) is 2.90. The summed E-state index contributed by atoms with van der Waals surface area (Å²) in [5.74, 6) is 0.747. The number of anilines is 2. The fourth-order valence-corrected chi connectivity index (χ4v) is 4.88. The van der Waals surface area contributed by atoms with Gasteiger partial charge in [-0.1, -0.05) is 30.3 Å². The molecular weight excluding hydrogens is 461 g/mol.